The number of carbonyl (C=O) groups is 1. The van der Waals surface area contributed by atoms with Gasteiger partial charge >= 0.3 is 5.97 Å². The van der Waals surface area contributed by atoms with Gasteiger partial charge in [0.15, 0.2) is 5.69 Å². The van der Waals surface area contributed by atoms with E-state index >= 15 is 0 Å². The lowest BCUT2D eigenvalue weighted by Gasteiger charge is -2.04. The van der Waals surface area contributed by atoms with Crippen molar-refractivity contribution in [2.45, 2.75) is 13.3 Å². The van der Waals surface area contributed by atoms with Crippen molar-refractivity contribution in [1.29, 1.82) is 0 Å². The first kappa shape index (κ1) is 14.0. The van der Waals surface area contributed by atoms with Crippen molar-refractivity contribution in [3.05, 3.63) is 34.2 Å². The van der Waals surface area contributed by atoms with E-state index in [2.05, 4.69) is 20.9 Å². The average molecular weight is 327 g/mol. The maximum atomic E-state index is 11.7. The van der Waals surface area contributed by atoms with Gasteiger partial charge in [-0.25, -0.2) is 9.78 Å². The molecule has 0 aliphatic rings. The van der Waals surface area contributed by atoms with E-state index in [0.29, 0.717) is 18.9 Å². The molecule has 6 heteroatoms. The Morgan fingerprint density at radius 3 is 2.95 bits per heavy atom. The summed E-state index contributed by atoms with van der Waals surface area (Å²) in [6, 6.07) is 1.98. The smallest absolute Gasteiger partial charge is 0.358 e. The van der Waals surface area contributed by atoms with Crippen LogP contribution < -0.4 is 0 Å². The third kappa shape index (κ3) is 3.13. The lowest BCUT2D eigenvalue weighted by Crippen LogP contribution is -2.04. The Hall–Kier alpha value is -1.40. The van der Waals surface area contributed by atoms with Crippen molar-refractivity contribution in [1.82, 2.24) is 9.38 Å². The van der Waals surface area contributed by atoms with Crippen molar-refractivity contribution in [2.75, 3.05) is 20.3 Å². The van der Waals surface area contributed by atoms with Crippen LogP contribution in [0, 0.1) is 0 Å². The number of fused-ring (bicyclic) bond motifs is 1. The average Bonchev–Trinajstić information content (AvgIpc) is 2.80. The van der Waals surface area contributed by atoms with Crippen LogP contribution in [0.15, 0.2) is 22.9 Å². The van der Waals surface area contributed by atoms with Crippen molar-refractivity contribution >= 4 is 27.5 Å². The Kier molecular flexibility index (Phi) is 4.55. The van der Waals surface area contributed by atoms with Gasteiger partial charge in [0.25, 0.3) is 0 Å². The van der Waals surface area contributed by atoms with Gasteiger partial charge in [0.1, 0.15) is 5.65 Å². The van der Waals surface area contributed by atoms with Crippen LogP contribution in [-0.2, 0) is 15.9 Å². The van der Waals surface area contributed by atoms with E-state index in [0.717, 1.165) is 22.1 Å². The Bertz CT molecular complexity index is 595. The normalized spacial score (nSPS) is 10.9. The molecule has 0 saturated heterocycles. The summed E-state index contributed by atoms with van der Waals surface area (Å²) in [6.45, 7) is 2.72. The highest BCUT2D eigenvalue weighted by Crippen LogP contribution is 2.19. The second-order valence-electron chi connectivity index (χ2n) is 4.00. The van der Waals surface area contributed by atoms with Gasteiger partial charge in [-0.1, -0.05) is 0 Å². The summed E-state index contributed by atoms with van der Waals surface area (Å²) in [5.74, 6) is -0.403. The van der Waals surface area contributed by atoms with Crippen molar-refractivity contribution in [2.24, 2.45) is 0 Å². The number of ether oxygens (including phenoxy) is 2. The van der Waals surface area contributed by atoms with Gasteiger partial charge in [-0.3, -0.25) is 0 Å². The summed E-state index contributed by atoms with van der Waals surface area (Å²) in [4.78, 5) is 16.0. The van der Waals surface area contributed by atoms with E-state index in [-0.39, 0.29) is 0 Å². The molecule has 2 aromatic rings. The van der Waals surface area contributed by atoms with E-state index in [1.165, 1.54) is 0 Å². The summed E-state index contributed by atoms with van der Waals surface area (Å²) in [5.41, 5.74) is 2.09. The van der Waals surface area contributed by atoms with E-state index in [9.17, 15) is 4.79 Å². The fourth-order valence-corrected chi connectivity index (χ4v) is 2.33. The van der Waals surface area contributed by atoms with Gasteiger partial charge in [-0.2, -0.15) is 0 Å². The number of aromatic nitrogens is 2. The zero-order valence-electron chi connectivity index (χ0n) is 10.9. The third-order valence-electron chi connectivity index (χ3n) is 2.65. The van der Waals surface area contributed by atoms with E-state index in [1.807, 2.05) is 16.7 Å². The molecular formula is C13H15BrN2O3. The van der Waals surface area contributed by atoms with Crippen molar-refractivity contribution in [3.63, 3.8) is 0 Å². The van der Waals surface area contributed by atoms with E-state index in [1.54, 1.807) is 20.2 Å². The summed E-state index contributed by atoms with van der Waals surface area (Å²) in [7, 11) is 1.66. The number of hydrogen-bond acceptors (Lipinski definition) is 4. The molecule has 0 atom stereocenters. The number of hydrogen-bond donors (Lipinski definition) is 0. The first-order chi connectivity index (χ1) is 9.15. The molecular weight excluding hydrogens is 312 g/mol. The summed E-state index contributed by atoms with van der Waals surface area (Å²) >= 11 is 3.45. The monoisotopic (exact) mass is 326 g/mol. The highest BCUT2D eigenvalue weighted by atomic mass is 79.9. The molecule has 0 aliphatic heterocycles. The van der Waals surface area contributed by atoms with Crippen LogP contribution in [0.25, 0.3) is 5.65 Å². The molecule has 102 valence electrons. The Balaban J connectivity index is 2.42. The highest BCUT2D eigenvalue weighted by molar-refractivity contribution is 9.10. The largest absolute Gasteiger partial charge is 0.461 e. The molecule has 19 heavy (non-hydrogen) atoms. The summed E-state index contributed by atoms with van der Waals surface area (Å²) in [6.07, 6.45) is 4.27. The number of carbonyl (C=O) groups excluding carboxylic acids is 1. The number of halogens is 1. The Morgan fingerprint density at radius 2 is 2.26 bits per heavy atom. The van der Waals surface area contributed by atoms with Crippen LogP contribution in [0.1, 0.15) is 23.0 Å². The first-order valence-corrected chi connectivity index (χ1v) is 6.78. The van der Waals surface area contributed by atoms with Crippen LogP contribution >= 0.6 is 15.9 Å². The SMILES string of the molecule is CCOC(=O)c1cn2cc(Br)cc(CCOC)c2n1. The predicted molar refractivity (Wildman–Crippen MR) is 74.4 cm³/mol. The quantitative estimate of drug-likeness (QED) is 0.792. The number of methoxy groups -OCH3 is 1. The summed E-state index contributed by atoms with van der Waals surface area (Å²) in [5, 5.41) is 0. The van der Waals surface area contributed by atoms with Gasteiger partial charge in [-0.15, -0.1) is 0 Å². The molecule has 0 spiro atoms. The van der Waals surface area contributed by atoms with Crippen LogP contribution in [0.5, 0.6) is 0 Å². The van der Waals surface area contributed by atoms with Gasteiger partial charge in [0.05, 0.1) is 13.2 Å². The molecule has 0 bridgehead atoms. The number of rotatable bonds is 5. The molecule has 0 N–H and O–H groups in total. The lowest BCUT2D eigenvalue weighted by atomic mass is 10.2. The van der Waals surface area contributed by atoms with E-state index < -0.39 is 5.97 Å². The topological polar surface area (TPSA) is 52.8 Å². The Morgan fingerprint density at radius 1 is 1.47 bits per heavy atom. The molecule has 0 unspecified atom stereocenters. The van der Waals surface area contributed by atoms with Gasteiger partial charge < -0.3 is 13.9 Å². The fraction of sp³-hybridized carbons (Fsp3) is 0.385. The number of nitrogens with zero attached hydrogens (tertiary/aromatic N) is 2. The van der Waals surface area contributed by atoms with Gasteiger partial charge in [-0.05, 0) is 40.9 Å². The van der Waals surface area contributed by atoms with Crippen LogP contribution in [0.2, 0.25) is 0 Å². The summed E-state index contributed by atoms with van der Waals surface area (Å²) < 4.78 is 12.8. The van der Waals surface area contributed by atoms with Crippen LogP contribution in [0.4, 0.5) is 0 Å². The maximum Gasteiger partial charge on any atom is 0.358 e. The van der Waals surface area contributed by atoms with Crippen LogP contribution in [0.3, 0.4) is 0 Å². The second-order valence-corrected chi connectivity index (χ2v) is 4.92. The van der Waals surface area contributed by atoms with Crippen molar-refractivity contribution < 1.29 is 14.3 Å². The van der Waals surface area contributed by atoms with Crippen LogP contribution in [-0.4, -0.2) is 35.7 Å². The minimum Gasteiger partial charge on any atom is -0.461 e. The van der Waals surface area contributed by atoms with Gasteiger partial charge in [0, 0.05) is 24.0 Å². The minimum absolute atomic E-state index is 0.318. The molecule has 0 fully saturated rings. The molecule has 0 saturated carbocycles. The van der Waals surface area contributed by atoms with Crippen molar-refractivity contribution in [3.8, 4) is 0 Å². The molecule has 2 aromatic heterocycles. The zero-order chi connectivity index (χ0) is 13.8. The molecule has 0 radical (unpaired) electrons. The maximum absolute atomic E-state index is 11.7. The molecule has 2 heterocycles. The third-order valence-corrected chi connectivity index (χ3v) is 3.09. The lowest BCUT2D eigenvalue weighted by molar-refractivity contribution is 0.0520. The predicted octanol–water partition coefficient (Wildman–Crippen LogP) is 2.46. The number of pyridine rings is 1. The minimum atomic E-state index is -0.403. The van der Waals surface area contributed by atoms with Gasteiger partial charge in [0.2, 0.25) is 0 Å². The fourth-order valence-electron chi connectivity index (χ4n) is 1.83. The number of esters is 1. The molecule has 2 rings (SSSR count). The standard InChI is InChI=1S/C13H15BrN2O3/c1-3-19-13(17)11-8-16-7-10(14)6-9(4-5-18-2)12(16)15-11/h6-8H,3-5H2,1-2H3. The molecule has 0 aromatic carbocycles. The second kappa shape index (κ2) is 6.16. The first-order valence-electron chi connectivity index (χ1n) is 5.99. The molecule has 0 amide bonds. The zero-order valence-corrected chi connectivity index (χ0v) is 12.4. The molecule has 0 aliphatic carbocycles. The highest BCUT2D eigenvalue weighted by Gasteiger charge is 2.14. The van der Waals surface area contributed by atoms with E-state index in [4.69, 9.17) is 9.47 Å². The number of imidazole rings is 1. The Labute approximate surface area is 119 Å². The molecule has 5 nitrogen and oxygen atoms in total.